The molecule has 13 heavy (non-hydrogen) atoms. The van der Waals surface area contributed by atoms with E-state index in [9.17, 15) is 9.90 Å². The first kappa shape index (κ1) is 10.5. The van der Waals surface area contributed by atoms with Crippen LogP contribution < -0.4 is 0 Å². The summed E-state index contributed by atoms with van der Waals surface area (Å²) in [5.41, 5.74) is 0. The summed E-state index contributed by atoms with van der Waals surface area (Å²) in [6.07, 6.45) is 4.74. The van der Waals surface area contributed by atoms with E-state index in [1.807, 2.05) is 0 Å². The minimum Gasteiger partial charge on any atom is -0.392 e. The lowest BCUT2D eigenvalue weighted by molar-refractivity contribution is -0.133. The zero-order chi connectivity index (χ0) is 9.68. The number of aliphatic hydroxyl groups is 1. The molecule has 1 aliphatic rings. The van der Waals surface area contributed by atoms with Gasteiger partial charge in [0, 0.05) is 19.5 Å². The molecule has 0 aromatic heterocycles. The molecule has 1 atom stereocenters. The molecular formula is C10H19NO2. The molecule has 0 radical (unpaired) electrons. The van der Waals surface area contributed by atoms with Crippen molar-refractivity contribution in [3.63, 3.8) is 0 Å². The molecule has 1 amide bonds. The predicted octanol–water partition coefficient (Wildman–Crippen LogP) is 1.16. The van der Waals surface area contributed by atoms with Gasteiger partial charge in [-0.15, -0.1) is 0 Å². The topological polar surface area (TPSA) is 40.5 Å². The van der Waals surface area contributed by atoms with Crippen molar-refractivity contribution in [3.05, 3.63) is 0 Å². The number of aliphatic hydroxyl groups excluding tert-OH is 1. The molecule has 1 aliphatic heterocycles. The fourth-order valence-corrected chi connectivity index (χ4v) is 1.73. The molecule has 0 aliphatic carbocycles. The van der Waals surface area contributed by atoms with E-state index in [1.54, 1.807) is 11.8 Å². The molecule has 1 N–H and O–H groups in total. The average Bonchev–Trinajstić information content (AvgIpc) is 2.04. The van der Waals surface area contributed by atoms with Crippen molar-refractivity contribution in [3.8, 4) is 0 Å². The maximum absolute atomic E-state index is 11.5. The summed E-state index contributed by atoms with van der Waals surface area (Å²) < 4.78 is 0. The predicted molar refractivity (Wildman–Crippen MR) is 51.3 cm³/mol. The molecule has 0 aromatic rings. The van der Waals surface area contributed by atoms with Crippen LogP contribution in [-0.2, 0) is 4.79 Å². The van der Waals surface area contributed by atoms with Gasteiger partial charge in [0.1, 0.15) is 0 Å². The van der Waals surface area contributed by atoms with Crippen LogP contribution >= 0.6 is 0 Å². The number of hydrogen-bond donors (Lipinski definition) is 1. The zero-order valence-corrected chi connectivity index (χ0v) is 8.33. The van der Waals surface area contributed by atoms with Crippen LogP contribution in [0.3, 0.4) is 0 Å². The van der Waals surface area contributed by atoms with E-state index in [1.165, 1.54) is 12.8 Å². The molecule has 3 heteroatoms. The molecule has 76 valence electrons. The second-order valence-corrected chi connectivity index (χ2v) is 3.85. The average molecular weight is 185 g/mol. The Hall–Kier alpha value is -0.570. The van der Waals surface area contributed by atoms with Crippen LogP contribution in [0.2, 0.25) is 0 Å². The van der Waals surface area contributed by atoms with Crippen molar-refractivity contribution in [2.24, 2.45) is 0 Å². The second-order valence-electron chi connectivity index (χ2n) is 3.85. The Labute approximate surface area is 79.7 Å². The van der Waals surface area contributed by atoms with Gasteiger partial charge in [0.05, 0.1) is 6.10 Å². The van der Waals surface area contributed by atoms with Gasteiger partial charge in [-0.05, 0) is 19.8 Å². The van der Waals surface area contributed by atoms with Gasteiger partial charge in [-0.25, -0.2) is 0 Å². The number of likely N-dealkylation sites (tertiary alicyclic amines) is 1. The highest BCUT2D eigenvalue weighted by atomic mass is 16.3. The molecule has 1 unspecified atom stereocenters. The number of rotatable bonds is 2. The van der Waals surface area contributed by atoms with Gasteiger partial charge in [-0.1, -0.05) is 12.8 Å². The van der Waals surface area contributed by atoms with Gasteiger partial charge in [0.15, 0.2) is 0 Å². The number of hydrogen-bond acceptors (Lipinski definition) is 2. The standard InChI is InChI=1S/C10H19NO2/c1-9(12)8-11-7-5-3-2-4-6-10(11)13/h9,12H,2-8H2,1H3. The van der Waals surface area contributed by atoms with E-state index >= 15 is 0 Å². The number of β-amino-alcohol motifs (C(OH)–C–C–N with tert-alkyl or cyclic N) is 1. The number of nitrogens with zero attached hydrogens (tertiary/aromatic N) is 1. The minimum atomic E-state index is -0.400. The van der Waals surface area contributed by atoms with Crippen molar-refractivity contribution >= 4 is 5.91 Å². The van der Waals surface area contributed by atoms with Crippen LogP contribution in [0.1, 0.15) is 39.0 Å². The summed E-state index contributed by atoms with van der Waals surface area (Å²) in [5.74, 6) is 0.209. The van der Waals surface area contributed by atoms with Gasteiger partial charge in [0.25, 0.3) is 0 Å². The molecule has 0 saturated carbocycles. The van der Waals surface area contributed by atoms with Crippen molar-refractivity contribution in [1.82, 2.24) is 4.90 Å². The Morgan fingerprint density at radius 3 is 2.77 bits per heavy atom. The Bertz CT molecular complexity index is 168. The van der Waals surface area contributed by atoms with Crippen LogP contribution in [0.25, 0.3) is 0 Å². The van der Waals surface area contributed by atoms with Gasteiger partial charge < -0.3 is 10.0 Å². The Kier molecular flexibility index (Phi) is 4.22. The molecule has 1 fully saturated rings. The largest absolute Gasteiger partial charge is 0.392 e. The van der Waals surface area contributed by atoms with Gasteiger partial charge in [-0.2, -0.15) is 0 Å². The van der Waals surface area contributed by atoms with Crippen LogP contribution in [-0.4, -0.2) is 35.1 Å². The summed E-state index contributed by atoms with van der Waals surface area (Å²) in [7, 11) is 0. The van der Waals surface area contributed by atoms with Crippen LogP contribution in [0.15, 0.2) is 0 Å². The Morgan fingerprint density at radius 1 is 1.38 bits per heavy atom. The van der Waals surface area contributed by atoms with Gasteiger partial charge in [-0.3, -0.25) is 4.79 Å². The van der Waals surface area contributed by atoms with Crippen LogP contribution in [0.4, 0.5) is 0 Å². The quantitative estimate of drug-likeness (QED) is 0.701. The minimum absolute atomic E-state index is 0.209. The maximum atomic E-state index is 11.5. The highest BCUT2D eigenvalue weighted by Crippen LogP contribution is 2.11. The first-order chi connectivity index (χ1) is 6.20. The summed E-state index contributed by atoms with van der Waals surface area (Å²) in [5, 5.41) is 9.19. The monoisotopic (exact) mass is 185 g/mol. The fourth-order valence-electron chi connectivity index (χ4n) is 1.73. The molecule has 0 aromatic carbocycles. The van der Waals surface area contributed by atoms with E-state index in [-0.39, 0.29) is 5.91 Å². The van der Waals surface area contributed by atoms with Crippen molar-refractivity contribution in [2.75, 3.05) is 13.1 Å². The van der Waals surface area contributed by atoms with Gasteiger partial charge in [0.2, 0.25) is 5.91 Å². The van der Waals surface area contributed by atoms with E-state index in [2.05, 4.69) is 0 Å². The molecule has 1 saturated heterocycles. The number of carbonyl (C=O) groups excluding carboxylic acids is 1. The summed E-state index contributed by atoms with van der Waals surface area (Å²) >= 11 is 0. The van der Waals surface area contributed by atoms with Crippen LogP contribution in [0.5, 0.6) is 0 Å². The molecule has 3 nitrogen and oxygen atoms in total. The normalized spacial score (nSPS) is 22.3. The smallest absolute Gasteiger partial charge is 0.222 e. The third kappa shape index (κ3) is 3.77. The molecule has 1 rings (SSSR count). The maximum Gasteiger partial charge on any atom is 0.222 e. The van der Waals surface area contributed by atoms with E-state index in [4.69, 9.17) is 0 Å². The molecule has 1 heterocycles. The molecular weight excluding hydrogens is 166 g/mol. The van der Waals surface area contributed by atoms with Crippen LogP contribution in [0, 0.1) is 0 Å². The first-order valence-electron chi connectivity index (χ1n) is 5.16. The lowest BCUT2D eigenvalue weighted by Gasteiger charge is -2.25. The van der Waals surface area contributed by atoms with E-state index < -0.39 is 6.10 Å². The summed E-state index contributed by atoms with van der Waals surface area (Å²) in [6, 6.07) is 0. The van der Waals surface area contributed by atoms with Crippen molar-refractivity contribution < 1.29 is 9.90 Å². The molecule has 0 spiro atoms. The second kappa shape index (κ2) is 5.22. The van der Waals surface area contributed by atoms with Crippen molar-refractivity contribution in [1.29, 1.82) is 0 Å². The first-order valence-corrected chi connectivity index (χ1v) is 5.16. The van der Waals surface area contributed by atoms with E-state index in [0.29, 0.717) is 13.0 Å². The Balaban J connectivity index is 2.41. The fraction of sp³-hybridized carbons (Fsp3) is 0.900. The Morgan fingerprint density at radius 2 is 2.08 bits per heavy atom. The highest BCUT2D eigenvalue weighted by molar-refractivity contribution is 5.76. The summed E-state index contributed by atoms with van der Waals surface area (Å²) in [4.78, 5) is 13.3. The number of amides is 1. The molecule has 0 bridgehead atoms. The SMILES string of the molecule is CC(O)CN1CCCCCCC1=O. The lowest BCUT2D eigenvalue weighted by Crippen LogP contribution is -2.37. The third-order valence-electron chi connectivity index (χ3n) is 2.41. The van der Waals surface area contributed by atoms with Crippen molar-refractivity contribution in [2.45, 2.75) is 45.1 Å². The van der Waals surface area contributed by atoms with E-state index in [0.717, 1.165) is 19.4 Å². The van der Waals surface area contributed by atoms with Gasteiger partial charge >= 0.3 is 0 Å². The lowest BCUT2D eigenvalue weighted by atomic mass is 10.1. The third-order valence-corrected chi connectivity index (χ3v) is 2.41. The summed E-state index contributed by atoms with van der Waals surface area (Å²) in [6.45, 7) is 3.05. The zero-order valence-electron chi connectivity index (χ0n) is 8.33. The number of carbonyl (C=O) groups is 1. The highest BCUT2D eigenvalue weighted by Gasteiger charge is 2.16.